The van der Waals surface area contributed by atoms with Gasteiger partial charge < -0.3 is 9.55 Å². The third kappa shape index (κ3) is 2.07. The molecule has 1 aromatic carbocycles. The lowest BCUT2D eigenvalue weighted by molar-refractivity contribution is 0.646. The van der Waals surface area contributed by atoms with E-state index in [1.807, 2.05) is 36.5 Å². The van der Waals surface area contributed by atoms with Crippen LogP contribution in [0.15, 0.2) is 42.7 Å². The summed E-state index contributed by atoms with van der Waals surface area (Å²) in [7, 11) is 0. The SMILES string of the molecule is CC(c1cccnc1)n1c(=S)[nH]c2c(Cl)cccc21. The van der Waals surface area contributed by atoms with E-state index in [0.717, 1.165) is 16.6 Å². The van der Waals surface area contributed by atoms with Crippen LogP contribution in [0.4, 0.5) is 0 Å². The molecule has 1 unspecified atom stereocenters. The fraction of sp³-hybridized carbons (Fsp3) is 0.143. The van der Waals surface area contributed by atoms with Gasteiger partial charge in [0.1, 0.15) is 0 Å². The predicted octanol–water partition coefficient (Wildman–Crippen LogP) is 4.36. The quantitative estimate of drug-likeness (QED) is 0.711. The van der Waals surface area contributed by atoms with E-state index in [2.05, 4.69) is 21.5 Å². The summed E-state index contributed by atoms with van der Waals surface area (Å²) in [6.07, 6.45) is 3.62. The Balaban J connectivity index is 2.23. The van der Waals surface area contributed by atoms with Gasteiger partial charge in [-0.1, -0.05) is 23.7 Å². The van der Waals surface area contributed by atoms with Gasteiger partial charge in [-0.3, -0.25) is 4.98 Å². The van der Waals surface area contributed by atoms with Gasteiger partial charge >= 0.3 is 0 Å². The second kappa shape index (κ2) is 4.79. The molecule has 0 amide bonds. The number of rotatable bonds is 2. The maximum absolute atomic E-state index is 6.19. The van der Waals surface area contributed by atoms with Gasteiger partial charge in [-0.15, -0.1) is 0 Å². The fourth-order valence-electron chi connectivity index (χ4n) is 2.27. The molecular formula is C14H12ClN3S. The van der Waals surface area contributed by atoms with Crippen LogP contribution in [-0.2, 0) is 0 Å². The highest BCUT2D eigenvalue weighted by Gasteiger charge is 2.14. The van der Waals surface area contributed by atoms with E-state index in [4.69, 9.17) is 23.8 Å². The summed E-state index contributed by atoms with van der Waals surface area (Å²) in [6.45, 7) is 2.10. The first-order valence-electron chi connectivity index (χ1n) is 5.97. The summed E-state index contributed by atoms with van der Waals surface area (Å²) >= 11 is 11.6. The van der Waals surface area contributed by atoms with Crippen molar-refractivity contribution in [1.82, 2.24) is 14.5 Å². The lowest BCUT2D eigenvalue weighted by atomic mass is 10.1. The molecule has 0 radical (unpaired) electrons. The van der Waals surface area contributed by atoms with Crippen molar-refractivity contribution in [2.75, 3.05) is 0 Å². The van der Waals surface area contributed by atoms with Crippen molar-refractivity contribution in [3.05, 3.63) is 58.1 Å². The largest absolute Gasteiger partial charge is 0.329 e. The third-order valence-corrected chi connectivity index (χ3v) is 3.87. The number of aromatic nitrogens is 3. The van der Waals surface area contributed by atoms with Crippen LogP contribution in [0.5, 0.6) is 0 Å². The van der Waals surface area contributed by atoms with Gasteiger partial charge in [0.15, 0.2) is 4.77 Å². The van der Waals surface area contributed by atoms with Crippen molar-refractivity contribution in [2.24, 2.45) is 0 Å². The first kappa shape index (κ1) is 12.4. The number of pyridine rings is 1. The van der Waals surface area contributed by atoms with Gasteiger partial charge in [0, 0.05) is 12.4 Å². The Bertz CT molecular complexity index is 776. The summed E-state index contributed by atoms with van der Waals surface area (Å²) in [5.74, 6) is 0. The van der Waals surface area contributed by atoms with Crippen LogP contribution in [0.25, 0.3) is 11.0 Å². The molecule has 0 aliphatic carbocycles. The van der Waals surface area contributed by atoms with E-state index in [9.17, 15) is 0 Å². The predicted molar refractivity (Wildman–Crippen MR) is 80.2 cm³/mol. The summed E-state index contributed by atoms with van der Waals surface area (Å²) < 4.78 is 2.73. The molecule has 3 nitrogen and oxygen atoms in total. The average molecular weight is 290 g/mol. The van der Waals surface area contributed by atoms with Crippen LogP contribution in [-0.4, -0.2) is 14.5 Å². The second-order valence-electron chi connectivity index (χ2n) is 4.40. The number of imidazole rings is 1. The molecule has 0 spiro atoms. The number of fused-ring (bicyclic) bond motifs is 1. The number of nitrogens with one attached hydrogen (secondary N) is 1. The maximum Gasteiger partial charge on any atom is 0.178 e. The highest BCUT2D eigenvalue weighted by Crippen LogP contribution is 2.27. The van der Waals surface area contributed by atoms with Crippen LogP contribution in [0.3, 0.4) is 0 Å². The molecule has 19 heavy (non-hydrogen) atoms. The van der Waals surface area contributed by atoms with Gasteiger partial charge in [-0.2, -0.15) is 0 Å². The van der Waals surface area contributed by atoms with Crippen molar-refractivity contribution in [3.63, 3.8) is 0 Å². The van der Waals surface area contributed by atoms with Gasteiger partial charge in [0.2, 0.25) is 0 Å². The van der Waals surface area contributed by atoms with Gasteiger partial charge in [0.05, 0.1) is 22.1 Å². The molecule has 3 aromatic rings. The zero-order chi connectivity index (χ0) is 13.4. The van der Waals surface area contributed by atoms with Crippen molar-refractivity contribution in [2.45, 2.75) is 13.0 Å². The number of benzene rings is 1. The summed E-state index contributed by atoms with van der Waals surface area (Å²) in [4.78, 5) is 7.33. The van der Waals surface area contributed by atoms with Gasteiger partial charge in [-0.25, -0.2) is 0 Å². The van der Waals surface area contributed by atoms with Crippen molar-refractivity contribution in [3.8, 4) is 0 Å². The fourth-order valence-corrected chi connectivity index (χ4v) is 2.85. The van der Waals surface area contributed by atoms with E-state index in [0.29, 0.717) is 9.79 Å². The molecule has 0 bridgehead atoms. The minimum atomic E-state index is 0.105. The third-order valence-electron chi connectivity index (χ3n) is 3.26. The Kier molecular flexibility index (Phi) is 3.12. The van der Waals surface area contributed by atoms with Crippen molar-refractivity contribution in [1.29, 1.82) is 0 Å². The van der Waals surface area contributed by atoms with E-state index >= 15 is 0 Å². The molecule has 0 saturated heterocycles. The Morgan fingerprint density at radius 2 is 2.16 bits per heavy atom. The Morgan fingerprint density at radius 3 is 2.89 bits per heavy atom. The molecule has 0 fully saturated rings. The number of halogens is 1. The number of para-hydroxylation sites is 1. The monoisotopic (exact) mass is 289 g/mol. The molecule has 1 N–H and O–H groups in total. The first-order chi connectivity index (χ1) is 9.18. The Hall–Kier alpha value is -1.65. The molecular weight excluding hydrogens is 278 g/mol. The first-order valence-corrected chi connectivity index (χ1v) is 6.76. The van der Waals surface area contributed by atoms with Crippen LogP contribution in [0.2, 0.25) is 5.02 Å². The normalized spacial score (nSPS) is 12.7. The minimum Gasteiger partial charge on any atom is -0.329 e. The van der Waals surface area contributed by atoms with Crippen molar-refractivity contribution < 1.29 is 0 Å². The van der Waals surface area contributed by atoms with Crippen LogP contribution in [0, 0.1) is 4.77 Å². The molecule has 0 saturated carbocycles. The number of hydrogen-bond acceptors (Lipinski definition) is 2. The Morgan fingerprint density at radius 1 is 1.32 bits per heavy atom. The van der Waals surface area contributed by atoms with Gasteiger partial charge in [0.25, 0.3) is 0 Å². The minimum absolute atomic E-state index is 0.105. The highest BCUT2D eigenvalue weighted by molar-refractivity contribution is 7.71. The summed E-state index contributed by atoms with van der Waals surface area (Å²) in [5.41, 5.74) is 3.00. The summed E-state index contributed by atoms with van der Waals surface area (Å²) in [6, 6.07) is 9.88. The van der Waals surface area contributed by atoms with E-state index < -0.39 is 0 Å². The van der Waals surface area contributed by atoms with E-state index in [1.165, 1.54) is 0 Å². The molecule has 0 aliphatic rings. The zero-order valence-electron chi connectivity index (χ0n) is 10.3. The Labute approximate surface area is 120 Å². The van der Waals surface area contributed by atoms with E-state index in [1.54, 1.807) is 6.20 Å². The van der Waals surface area contributed by atoms with Crippen LogP contribution in [0.1, 0.15) is 18.5 Å². The smallest absolute Gasteiger partial charge is 0.178 e. The second-order valence-corrected chi connectivity index (χ2v) is 5.19. The van der Waals surface area contributed by atoms with Gasteiger partial charge in [-0.05, 0) is 42.9 Å². The molecule has 1 atom stereocenters. The molecule has 3 rings (SSSR count). The average Bonchev–Trinajstić information content (AvgIpc) is 2.77. The molecule has 96 valence electrons. The van der Waals surface area contributed by atoms with Crippen molar-refractivity contribution >= 4 is 34.9 Å². The molecule has 5 heteroatoms. The lowest BCUT2D eigenvalue weighted by Crippen LogP contribution is -2.06. The number of H-pyrrole nitrogens is 1. The molecule has 2 aromatic heterocycles. The molecule has 0 aliphatic heterocycles. The highest BCUT2D eigenvalue weighted by atomic mass is 35.5. The summed E-state index contributed by atoms with van der Waals surface area (Å²) in [5, 5.41) is 0.681. The number of nitrogens with zero attached hydrogens (tertiary/aromatic N) is 2. The molecule has 2 heterocycles. The topological polar surface area (TPSA) is 33.6 Å². The van der Waals surface area contributed by atoms with Crippen LogP contribution < -0.4 is 0 Å². The number of aromatic amines is 1. The standard InChI is InChI=1S/C14H12ClN3S/c1-9(10-4-3-7-16-8-10)18-12-6-2-5-11(15)13(12)17-14(18)19/h2-9H,1H3,(H,17,19). The lowest BCUT2D eigenvalue weighted by Gasteiger charge is -2.14. The van der Waals surface area contributed by atoms with Crippen LogP contribution >= 0.6 is 23.8 Å². The zero-order valence-corrected chi connectivity index (χ0v) is 11.9. The maximum atomic E-state index is 6.19. The van der Waals surface area contributed by atoms with E-state index in [-0.39, 0.29) is 6.04 Å². The number of hydrogen-bond donors (Lipinski definition) is 1.